The zero-order valence-corrected chi connectivity index (χ0v) is 12.7. The molecule has 0 saturated carbocycles. The van der Waals surface area contributed by atoms with Crippen LogP contribution in [0.3, 0.4) is 0 Å². The van der Waals surface area contributed by atoms with Crippen LogP contribution in [0.4, 0.5) is 0 Å². The van der Waals surface area contributed by atoms with Crippen molar-refractivity contribution >= 4 is 23.5 Å². The highest BCUT2D eigenvalue weighted by Crippen LogP contribution is 2.19. The first-order chi connectivity index (χ1) is 10.4. The second kappa shape index (κ2) is 7.09. The number of aryl methyl sites for hydroxylation is 1. The molecule has 0 unspecified atom stereocenters. The van der Waals surface area contributed by atoms with Gasteiger partial charge in [-0.3, -0.25) is 14.3 Å². The lowest BCUT2D eigenvalue weighted by molar-refractivity contribution is -0.137. The van der Waals surface area contributed by atoms with Gasteiger partial charge in [-0.25, -0.2) is 0 Å². The van der Waals surface area contributed by atoms with Crippen molar-refractivity contribution in [1.29, 1.82) is 0 Å². The Labute approximate surface area is 132 Å². The third kappa shape index (κ3) is 4.60. The Balaban J connectivity index is 2.07. The van der Waals surface area contributed by atoms with Gasteiger partial charge < -0.3 is 10.4 Å². The predicted molar refractivity (Wildman–Crippen MR) is 81.6 cm³/mol. The molecule has 0 bridgehead atoms. The number of aliphatic carboxylic acids is 1. The number of aromatic nitrogens is 2. The highest BCUT2D eigenvalue weighted by molar-refractivity contribution is 6.30. The summed E-state index contributed by atoms with van der Waals surface area (Å²) in [6.45, 7) is 1.92. The Bertz CT molecular complexity index is 667. The Morgan fingerprint density at radius 3 is 2.59 bits per heavy atom. The van der Waals surface area contributed by atoms with Crippen LogP contribution >= 0.6 is 11.6 Å². The van der Waals surface area contributed by atoms with E-state index in [-0.39, 0.29) is 18.9 Å². The number of carbonyl (C=O) groups is 2. The van der Waals surface area contributed by atoms with E-state index in [0.717, 1.165) is 5.56 Å². The lowest BCUT2D eigenvalue weighted by Gasteiger charge is -2.17. The summed E-state index contributed by atoms with van der Waals surface area (Å²) in [4.78, 5) is 23.1. The van der Waals surface area contributed by atoms with Crippen molar-refractivity contribution in [3.05, 3.63) is 52.8 Å². The molecule has 2 N–H and O–H groups in total. The number of carboxylic acid groups (broad SMARTS) is 1. The summed E-state index contributed by atoms with van der Waals surface area (Å²) in [5.41, 5.74) is 1.64. The number of amides is 1. The van der Waals surface area contributed by atoms with E-state index < -0.39 is 12.0 Å². The molecule has 2 aromatic rings. The van der Waals surface area contributed by atoms with Crippen LogP contribution < -0.4 is 5.32 Å². The molecular formula is C15H16ClN3O3. The second-order valence-electron chi connectivity index (χ2n) is 4.98. The van der Waals surface area contributed by atoms with Gasteiger partial charge in [-0.05, 0) is 30.2 Å². The lowest BCUT2D eigenvalue weighted by atomic mass is 10.0. The number of hydrogen-bond donors (Lipinski definition) is 2. The van der Waals surface area contributed by atoms with Crippen molar-refractivity contribution in [3.63, 3.8) is 0 Å². The van der Waals surface area contributed by atoms with E-state index in [2.05, 4.69) is 10.4 Å². The molecule has 2 rings (SSSR count). The molecule has 7 heteroatoms. The number of carboxylic acids is 1. The minimum atomic E-state index is -0.991. The predicted octanol–water partition coefficient (Wildman–Crippen LogP) is 2.18. The fourth-order valence-electron chi connectivity index (χ4n) is 2.06. The normalized spacial score (nSPS) is 11.9. The summed E-state index contributed by atoms with van der Waals surface area (Å²) in [6, 6.07) is 6.12. The molecule has 116 valence electrons. The number of hydrogen-bond acceptors (Lipinski definition) is 3. The van der Waals surface area contributed by atoms with Gasteiger partial charge in [0.05, 0.1) is 18.7 Å². The van der Waals surface area contributed by atoms with Gasteiger partial charge in [0, 0.05) is 11.2 Å². The molecule has 0 radical (unpaired) electrons. The maximum absolute atomic E-state index is 12.1. The van der Waals surface area contributed by atoms with Crippen LogP contribution in [-0.2, 0) is 16.1 Å². The zero-order chi connectivity index (χ0) is 16.1. The Morgan fingerprint density at radius 2 is 2.05 bits per heavy atom. The van der Waals surface area contributed by atoms with Gasteiger partial charge in [0.2, 0.25) is 5.91 Å². The molecule has 1 atom stereocenters. The monoisotopic (exact) mass is 321 g/mol. The van der Waals surface area contributed by atoms with Crippen molar-refractivity contribution in [1.82, 2.24) is 15.1 Å². The van der Waals surface area contributed by atoms with E-state index in [9.17, 15) is 9.59 Å². The highest BCUT2D eigenvalue weighted by Gasteiger charge is 2.18. The molecule has 0 aliphatic heterocycles. The SMILES string of the molecule is Cc1cnn(CC(=O)N[C@@H](CC(=O)O)c2ccc(Cl)cc2)c1. The van der Waals surface area contributed by atoms with E-state index in [1.807, 2.05) is 6.92 Å². The minimum Gasteiger partial charge on any atom is -0.481 e. The molecule has 1 amide bonds. The number of halogens is 1. The van der Waals surface area contributed by atoms with Crippen LogP contribution in [0.15, 0.2) is 36.7 Å². The van der Waals surface area contributed by atoms with Crippen LogP contribution in [0, 0.1) is 6.92 Å². The first kappa shape index (κ1) is 16.0. The number of carbonyl (C=O) groups excluding carboxylic acids is 1. The van der Waals surface area contributed by atoms with Crippen LogP contribution in [0.25, 0.3) is 0 Å². The highest BCUT2D eigenvalue weighted by atomic mass is 35.5. The molecule has 22 heavy (non-hydrogen) atoms. The number of nitrogens with one attached hydrogen (secondary N) is 1. The average molecular weight is 322 g/mol. The van der Waals surface area contributed by atoms with Gasteiger partial charge in [-0.15, -0.1) is 0 Å². The summed E-state index contributed by atoms with van der Waals surface area (Å²) in [5.74, 6) is -1.29. The van der Waals surface area contributed by atoms with Crippen LogP contribution in [-0.4, -0.2) is 26.8 Å². The molecule has 0 aliphatic rings. The largest absolute Gasteiger partial charge is 0.481 e. The van der Waals surface area contributed by atoms with Crippen molar-refractivity contribution in [2.45, 2.75) is 25.9 Å². The van der Waals surface area contributed by atoms with Crippen molar-refractivity contribution in [2.24, 2.45) is 0 Å². The molecule has 0 aliphatic carbocycles. The maximum atomic E-state index is 12.1. The van der Waals surface area contributed by atoms with Gasteiger partial charge >= 0.3 is 5.97 Å². The summed E-state index contributed by atoms with van der Waals surface area (Å²) in [7, 11) is 0. The van der Waals surface area contributed by atoms with E-state index >= 15 is 0 Å². The van der Waals surface area contributed by atoms with Gasteiger partial charge in [0.25, 0.3) is 0 Å². The second-order valence-corrected chi connectivity index (χ2v) is 5.42. The number of benzene rings is 1. The maximum Gasteiger partial charge on any atom is 0.305 e. The van der Waals surface area contributed by atoms with E-state index in [4.69, 9.17) is 16.7 Å². The molecule has 0 spiro atoms. The van der Waals surface area contributed by atoms with Gasteiger partial charge in [0.15, 0.2) is 0 Å². The smallest absolute Gasteiger partial charge is 0.305 e. The minimum absolute atomic E-state index is 0.0392. The standard InChI is InChI=1S/C15H16ClN3O3/c1-10-7-17-19(8-10)9-14(20)18-13(6-15(21)22)11-2-4-12(16)5-3-11/h2-5,7-8,13H,6,9H2,1H3,(H,18,20)(H,21,22)/t13-/m0/s1. The first-order valence-electron chi connectivity index (χ1n) is 6.69. The van der Waals surface area contributed by atoms with Gasteiger partial charge in [-0.1, -0.05) is 23.7 Å². The third-order valence-electron chi connectivity index (χ3n) is 3.05. The number of nitrogens with zero attached hydrogens (tertiary/aromatic N) is 2. The van der Waals surface area contributed by atoms with Crippen molar-refractivity contribution in [3.8, 4) is 0 Å². The fraction of sp³-hybridized carbons (Fsp3) is 0.267. The zero-order valence-electron chi connectivity index (χ0n) is 12.0. The Morgan fingerprint density at radius 1 is 1.36 bits per heavy atom. The molecule has 1 aromatic heterocycles. The third-order valence-corrected chi connectivity index (χ3v) is 3.31. The van der Waals surface area contributed by atoms with Crippen LogP contribution in [0.1, 0.15) is 23.6 Å². The Hall–Kier alpha value is -2.34. The van der Waals surface area contributed by atoms with Crippen LogP contribution in [0.5, 0.6) is 0 Å². The summed E-state index contributed by atoms with van der Waals surface area (Å²) >= 11 is 5.82. The summed E-state index contributed by atoms with van der Waals surface area (Å²) in [6.07, 6.45) is 3.20. The van der Waals surface area contributed by atoms with Gasteiger partial charge in [-0.2, -0.15) is 5.10 Å². The Kier molecular flexibility index (Phi) is 5.16. The molecule has 0 fully saturated rings. The average Bonchev–Trinajstić information content (AvgIpc) is 2.83. The lowest BCUT2D eigenvalue weighted by Crippen LogP contribution is -2.33. The molecule has 6 nitrogen and oxygen atoms in total. The van der Waals surface area contributed by atoms with E-state index in [1.165, 1.54) is 4.68 Å². The fourth-order valence-corrected chi connectivity index (χ4v) is 2.19. The van der Waals surface area contributed by atoms with Crippen molar-refractivity contribution in [2.75, 3.05) is 0 Å². The topological polar surface area (TPSA) is 84.2 Å². The molecular weight excluding hydrogens is 306 g/mol. The molecule has 0 saturated heterocycles. The molecule has 1 heterocycles. The quantitative estimate of drug-likeness (QED) is 0.854. The summed E-state index contributed by atoms with van der Waals surface area (Å²) < 4.78 is 1.50. The molecule has 1 aromatic carbocycles. The van der Waals surface area contributed by atoms with Crippen LogP contribution in [0.2, 0.25) is 5.02 Å². The van der Waals surface area contributed by atoms with E-state index in [1.54, 1.807) is 36.7 Å². The van der Waals surface area contributed by atoms with E-state index in [0.29, 0.717) is 10.6 Å². The number of rotatable bonds is 6. The first-order valence-corrected chi connectivity index (χ1v) is 7.07. The van der Waals surface area contributed by atoms with Gasteiger partial charge in [0.1, 0.15) is 6.54 Å². The summed E-state index contributed by atoms with van der Waals surface area (Å²) in [5, 5.41) is 16.3. The van der Waals surface area contributed by atoms with Crippen molar-refractivity contribution < 1.29 is 14.7 Å².